The van der Waals surface area contributed by atoms with Crippen LogP contribution in [0.3, 0.4) is 0 Å². The van der Waals surface area contributed by atoms with Crippen LogP contribution >= 0.6 is 15.9 Å². The molecule has 2 aromatic rings. The molecule has 0 aliphatic carbocycles. The number of rotatable bonds is 4. The van der Waals surface area contributed by atoms with Crippen LogP contribution in [0.4, 0.5) is 0 Å². The summed E-state index contributed by atoms with van der Waals surface area (Å²) in [5.41, 5.74) is 3.17. The van der Waals surface area contributed by atoms with Crippen LogP contribution in [0.5, 0.6) is 0 Å². The Labute approximate surface area is 117 Å². The van der Waals surface area contributed by atoms with Gasteiger partial charge < -0.3 is 5.11 Å². The van der Waals surface area contributed by atoms with Crippen molar-refractivity contribution in [2.24, 2.45) is 0 Å². The van der Waals surface area contributed by atoms with Gasteiger partial charge in [-0.1, -0.05) is 65.7 Å². The van der Waals surface area contributed by atoms with E-state index in [9.17, 15) is 5.11 Å². The Bertz CT molecular complexity index is 505. The second-order valence-electron chi connectivity index (χ2n) is 4.45. The molecule has 1 nitrogen and oxygen atoms in total. The third kappa shape index (κ3) is 3.21. The average molecular weight is 305 g/mol. The highest BCUT2D eigenvalue weighted by Crippen LogP contribution is 2.24. The molecule has 2 heteroatoms. The summed E-state index contributed by atoms with van der Waals surface area (Å²) in [6.45, 7) is 2.17. The number of halogens is 1. The van der Waals surface area contributed by atoms with Gasteiger partial charge in [-0.15, -0.1) is 0 Å². The minimum absolute atomic E-state index is 0.557. The topological polar surface area (TPSA) is 20.2 Å². The predicted octanol–water partition coefficient (Wildman–Crippen LogP) is 4.48. The van der Waals surface area contributed by atoms with E-state index >= 15 is 0 Å². The second kappa shape index (κ2) is 6.17. The van der Waals surface area contributed by atoms with Gasteiger partial charge in [-0.3, -0.25) is 0 Å². The van der Waals surface area contributed by atoms with E-state index in [1.165, 1.54) is 5.56 Å². The normalized spacial score (nSPS) is 12.4. The van der Waals surface area contributed by atoms with Crippen molar-refractivity contribution in [2.45, 2.75) is 25.9 Å². The maximum atomic E-state index is 10.3. The minimum Gasteiger partial charge on any atom is -0.384 e. The zero-order chi connectivity index (χ0) is 13.0. The molecule has 0 bridgehead atoms. The standard InChI is InChI=1S/C16H17BrO/c1-2-4-12-7-9-13(10-8-12)16(18)14-5-3-6-15(17)11-14/h3,5-11,16,18H,2,4H2,1H3. The van der Waals surface area contributed by atoms with Gasteiger partial charge in [0.05, 0.1) is 0 Å². The number of aliphatic hydroxyl groups excluding tert-OH is 1. The van der Waals surface area contributed by atoms with Gasteiger partial charge in [0.15, 0.2) is 0 Å². The zero-order valence-corrected chi connectivity index (χ0v) is 12.0. The van der Waals surface area contributed by atoms with Gasteiger partial charge in [-0.2, -0.15) is 0 Å². The minimum atomic E-state index is -0.557. The quantitative estimate of drug-likeness (QED) is 0.883. The SMILES string of the molecule is CCCc1ccc(C(O)c2cccc(Br)c2)cc1. The number of aryl methyl sites for hydroxylation is 1. The highest BCUT2D eigenvalue weighted by Gasteiger charge is 2.10. The first kappa shape index (κ1) is 13.3. The molecule has 0 heterocycles. The Morgan fingerprint density at radius 3 is 2.39 bits per heavy atom. The fourth-order valence-corrected chi connectivity index (χ4v) is 2.44. The molecule has 94 valence electrons. The molecule has 0 aliphatic rings. The summed E-state index contributed by atoms with van der Waals surface area (Å²) in [7, 11) is 0. The summed E-state index contributed by atoms with van der Waals surface area (Å²) in [6, 6.07) is 16.0. The van der Waals surface area contributed by atoms with Crippen molar-refractivity contribution in [1.29, 1.82) is 0 Å². The second-order valence-corrected chi connectivity index (χ2v) is 5.36. The van der Waals surface area contributed by atoms with Gasteiger partial charge in [0.2, 0.25) is 0 Å². The summed E-state index contributed by atoms with van der Waals surface area (Å²) in [6.07, 6.45) is 1.68. The third-order valence-electron chi connectivity index (χ3n) is 3.00. The van der Waals surface area contributed by atoms with Gasteiger partial charge in [-0.25, -0.2) is 0 Å². The lowest BCUT2D eigenvalue weighted by Crippen LogP contribution is -1.99. The van der Waals surface area contributed by atoms with E-state index < -0.39 is 6.10 Å². The zero-order valence-electron chi connectivity index (χ0n) is 10.4. The van der Waals surface area contributed by atoms with Crippen molar-refractivity contribution in [3.8, 4) is 0 Å². The van der Waals surface area contributed by atoms with Gasteiger partial charge in [-0.05, 0) is 35.2 Å². The van der Waals surface area contributed by atoms with Crippen molar-refractivity contribution in [2.75, 3.05) is 0 Å². The highest BCUT2D eigenvalue weighted by molar-refractivity contribution is 9.10. The largest absolute Gasteiger partial charge is 0.384 e. The molecule has 0 spiro atoms. The third-order valence-corrected chi connectivity index (χ3v) is 3.49. The van der Waals surface area contributed by atoms with Crippen LogP contribution in [0.1, 0.15) is 36.1 Å². The molecular formula is C16H17BrO. The molecule has 0 saturated heterocycles. The Balaban J connectivity index is 2.20. The van der Waals surface area contributed by atoms with Crippen molar-refractivity contribution in [1.82, 2.24) is 0 Å². The number of hydrogen-bond acceptors (Lipinski definition) is 1. The first-order valence-corrected chi connectivity index (χ1v) is 7.02. The molecule has 0 saturated carbocycles. The Morgan fingerprint density at radius 1 is 1.06 bits per heavy atom. The maximum Gasteiger partial charge on any atom is 0.104 e. The number of aliphatic hydroxyl groups is 1. The van der Waals surface area contributed by atoms with Crippen LogP contribution in [0.15, 0.2) is 53.0 Å². The summed E-state index contributed by atoms with van der Waals surface area (Å²) in [5.74, 6) is 0. The summed E-state index contributed by atoms with van der Waals surface area (Å²) in [4.78, 5) is 0. The molecule has 1 N–H and O–H groups in total. The first-order valence-electron chi connectivity index (χ1n) is 6.23. The molecular weight excluding hydrogens is 288 g/mol. The summed E-state index contributed by atoms with van der Waals surface area (Å²) >= 11 is 3.42. The van der Waals surface area contributed by atoms with E-state index in [4.69, 9.17) is 0 Å². The van der Waals surface area contributed by atoms with E-state index in [0.717, 1.165) is 28.4 Å². The molecule has 0 fully saturated rings. The molecule has 1 atom stereocenters. The smallest absolute Gasteiger partial charge is 0.104 e. The fraction of sp³-hybridized carbons (Fsp3) is 0.250. The van der Waals surface area contributed by atoms with Crippen molar-refractivity contribution in [3.05, 3.63) is 69.7 Å². The molecule has 2 aromatic carbocycles. The van der Waals surface area contributed by atoms with Crippen LogP contribution in [0.2, 0.25) is 0 Å². The fourth-order valence-electron chi connectivity index (χ4n) is 2.02. The van der Waals surface area contributed by atoms with E-state index in [1.54, 1.807) is 0 Å². The Hall–Kier alpha value is -1.12. The van der Waals surface area contributed by atoms with Gasteiger partial charge in [0.1, 0.15) is 6.10 Å². The molecule has 2 rings (SSSR count). The van der Waals surface area contributed by atoms with Crippen LogP contribution in [-0.2, 0) is 6.42 Å². The van der Waals surface area contributed by atoms with E-state index in [2.05, 4.69) is 35.0 Å². The number of hydrogen-bond donors (Lipinski definition) is 1. The molecule has 0 aromatic heterocycles. The Morgan fingerprint density at radius 2 is 1.78 bits per heavy atom. The van der Waals surface area contributed by atoms with Gasteiger partial charge >= 0.3 is 0 Å². The lowest BCUT2D eigenvalue weighted by atomic mass is 9.99. The van der Waals surface area contributed by atoms with E-state index in [0.29, 0.717) is 0 Å². The monoisotopic (exact) mass is 304 g/mol. The van der Waals surface area contributed by atoms with Gasteiger partial charge in [0.25, 0.3) is 0 Å². The van der Waals surface area contributed by atoms with Crippen molar-refractivity contribution < 1.29 is 5.11 Å². The molecule has 0 aliphatic heterocycles. The molecule has 0 radical (unpaired) electrons. The Kier molecular flexibility index (Phi) is 4.56. The summed E-state index contributed by atoms with van der Waals surface area (Å²) in [5, 5.41) is 10.3. The van der Waals surface area contributed by atoms with E-state index in [1.807, 2.05) is 36.4 Å². The number of benzene rings is 2. The van der Waals surface area contributed by atoms with Crippen LogP contribution in [-0.4, -0.2) is 5.11 Å². The molecule has 18 heavy (non-hydrogen) atoms. The molecule has 1 unspecified atom stereocenters. The average Bonchev–Trinajstić information content (AvgIpc) is 2.39. The van der Waals surface area contributed by atoms with Gasteiger partial charge in [0, 0.05) is 4.47 Å². The maximum absolute atomic E-state index is 10.3. The lowest BCUT2D eigenvalue weighted by Gasteiger charge is -2.12. The van der Waals surface area contributed by atoms with Crippen LogP contribution in [0, 0.1) is 0 Å². The van der Waals surface area contributed by atoms with E-state index in [-0.39, 0.29) is 0 Å². The van der Waals surface area contributed by atoms with Crippen LogP contribution < -0.4 is 0 Å². The molecule has 0 amide bonds. The first-order chi connectivity index (χ1) is 8.70. The van der Waals surface area contributed by atoms with Crippen molar-refractivity contribution >= 4 is 15.9 Å². The van der Waals surface area contributed by atoms with Crippen LogP contribution in [0.25, 0.3) is 0 Å². The highest BCUT2D eigenvalue weighted by atomic mass is 79.9. The lowest BCUT2D eigenvalue weighted by molar-refractivity contribution is 0.220. The van der Waals surface area contributed by atoms with Crippen molar-refractivity contribution in [3.63, 3.8) is 0 Å². The predicted molar refractivity (Wildman–Crippen MR) is 78.6 cm³/mol. The summed E-state index contributed by atoms with van der Waals surface area (Å²) < 4.78 is 0.988.